The van der Waals surface area contributed by atoms with E-state index < -0.39 is 36.0 Å². The number of carbonyl (C=O) groups excluding carboxylic acids is 1. The molecular formula is C18H14BrF5N6O2. The fourth-order valence-electron chi connectivity index (χ4n) is 2.59. The van der Waals surface area contributed by atoms with Crippen LogP contribution in [-0.2, 0) is 6.54 Å². The van der Waals surface area contributed by atoms with Crippen molar-refractivity contribution in [2.24, 2.45) is 0 Å². The van der Waals surface area contributed by atoms with E-state index in [9.17, 15) is 26.7 Å². The molecule has 2 heterocycles. The van der Waals surface area contributed by atoms with Gasteiger partial charge in [-0.2, -0.15) is 5.10 Å². The third-order valence-electron chi connectivity index (χ3n) is 4.16. The van der Waals surface area contributed by atoms with Crippen molar-refractivity contribution in [3.63, 3.8) is 0 Å². The van der Waals surface area contributed by atoms with Gasteiger partial charge in [0, 0.05) is 5.69 Å². The van der Waals surface area contributed by atoms with Crippen molar-refractivity contribution in [3.8, 4) is 6.01 Å². The number of aromatic amines is 1. The molecule has 2 aromatic heterocycles. The molecule has 170 valence electrons. The summed E-state index contributed by atoms with van der Waals surface area (Å²) in [6, 6.07) is 1.83. The predicted octanol–water partition coefficient (Wildman–Crippen LogP) is 5.22. The highest BCUT2D eigenvalue weighted by molar-refractivity contribution is 9.10. The molecule has 0 saturated heterocycles. The number of alkyl halides is 4. The van der Waals surface area contributed by atoms with Crippen molar-refractivity contribution in [2.45, 2.75) is 19.4 Å². The Hall–Kier alpha value is -3.29. The van der Waals surface area contributed by atoms with Gasteiger partial charge in [0.05, 0.1) is 47.5 Å². The average molecular weight is 521 g/mol. The number of nitrogens with one attached hydrogen (secondary N) is 2. The summed E-state index contributed by atoms with van der Waals surface area (Å²) in [6.07, 6.45) is -3.47. The number of hydrogen-bond donors (Lipinski definition) is 2. The Morgan fingerprint density at radius 1 is 1.22 bits per heavy atom. The molecule has 0 unspecified atom stereocenters. The maximum Gasteiger partial charge on any atom is 0.326 e. The molecule has 0 aliphatic rings. The van der Waals surface area contributed by atoms with E-state index in [1.165, 1.54) is 19.5 Å². The molecule has 3 rings (SSSR count). The molecule has 2 N–H and O–H groups in total. The lowest BCUT2D eigenvalue weighted by Gasteiger charge is -2.22. The van der Waals surface area contributed by atoms with Crippen LogP contribution < -0.4 is 15.0 Å². The van der Waals surface area contributed by atoms with E-state index in [1.807, 2.05) is 0 Å². The fourth-order valence-corrected chi connectivity index (χ4v) is 3.07. The van der Waals surface area contributed by atoms with Crippen LogP contribution in [0.3, 0.4) is 0 Å². The highest BCUT2D eigenvalue weighted by Crippen LogP contribution is 2.30. The number of rotatable bonds is 7. The molecule has 0 bridgehead atoms. The number of H-pyrrole nitrogens is 1. The first-order valence-corrected chi connectivity index (χ1v) is 9.53. The summed E-state index contributed by atoms with van der Waals surface area (Å²) in [5.41, 5.74) is -1.31. The van der Waals surface area contributed by atoms with Gasteiger partial charge in [-0.05, 0) is 34.1 Å². The molecule has 0 radical (unpaired) electrons. The Kier molecular flexibility index (Phi) is 7.22. The summed E-state index contributed by atoms with van der Waals surface area (Å²) in [7, 11) is 1.33. The van der Waals surface area contributed by atoms with Crippen LogP contribution in [0.5, 0.6) is 6.01 Å². The number of aromatic nitrogens is 4. The number of hydrogen-bond acceptors (Lipinski definition) is 5. The van der Waals surface area contributed by atoms with Crippen LogP contribution in [0.25, 0.3) is 0 Å². The van der Waals surface area contributed by atoms with Gasteiger partial charge >= 0.3 is 12.0 Å². The topological polar surface area (TPSA) is 96.0 Å². The summed E-state index contributed by atoms with van der Waals surface area (Å²) in [4.78, 5) is 21.7. The number of carbonyl (C=O) groups is 1. The lowest BCUT2D eigenvalue weighted by atomic mass is 10.2. The zero-order chi connectivity index (χ0) is 23.4. The molecule has 14 heteroatoms. The zero-order valence-corrected chi connectivity index (χ0v) is 17.7. The minimum Gasteiger partial charge on any atom is -0.467 e. The monoisotopic (exact) mass is 520 g/mol. The van der Waals surface area contributed by atoms with Gasteiger partial charge in [-0.15, -0.1) is 0 Å². The van der Waals surface area contributed by atoms with Crippen LogP contribution in [0, 0.1) is 5.82 Å². The molecule has 2 amide bonds. The second kappa shape index (κ2) is 9.89. The SMILES string of the molecule is COc1ncc(N(Cc2n[nH]c(C(F)F)c2Br)C(=O)Nc2ccc(F)c(C(F)F)c2)cn1. The highest BCUT2D eigenvalue weighted by atomic mass is 79.9. The number of benzene rings is 1. The van der Waals surface area contributed by atoms with E-state index in [0.29, 0.717) is 0 Å². The fraction of sp³-hybridized carbons (Fsp3) is 0.222. The van der Waals surface area contributed by atoms with Gasteiger partial charge in [-0.3, -0.25) is 10.00 Å². The van der Waals surface area contributed by atoms with E-state index in [1.54, 1.807) is 0 Å². The third-order valence-corrected chi connectivity index (χ3v) is 5.05. The first kappa shape index (κ1) is 23.4. The number of urea groups is 1. The largest absolute Gasteiger partial charge is 0.467 e. The van der Waals surface area contributed by atoms with Crippen LogP contribution in [0.2, 0.25) is 0 Å². The number of halogens is 6. The Balaban J connectivity index is 1.93. The van der Waals surface area contributed by atoms with E-state index in [-0.39, 0.29) is 34.1 Å². The van der Waals surface area contributed by atoms with Gasteiger partial charge in [0.1, 0.15) is 11.5 Å². The van der Waals surface area contributed by atoms with Crippen LogP contribution in [0.1, 0.15) is 29.8 Å². The van der Waals surface area contributed by atoms with Gasteiger partial charge in [-0.1, -0.05) is 0 Å². The molecule has 0 saturated carbocycles. The van der Waals surface area contributed by atoms with Crippen LogP contribution in [0.4, 0.5) is 38.1 Å². The van der Waals surface area contributed by atoms with Crippen LogP contribution in [0.15, 0.2) is 35.1 Å². The van der Waals surface area contributed by atoms with Crippen molar-refractivity contribution in [3.05, 3.63) is 57.8 Å². The van der Waals surface area contributed by atoms with Crippen LogP contribution in [-0.4, -0.2) is 33.3 Å². The molecule has 0 fully saturated rings. The van der Waals surface area contributed by atoms with Gasteiger partial charge in [-0.25, -0.2) is 36.7 Å². The van der Waals surface area contributed by atoms with Crippen molar-refractivity contribution >= 4 is 33.3 Å². The number of methoxy groups -OCH3 is 1. The standard InChI is InChI=1S/C18H14BrF5N6O2/c1-32-17-25-5-9(6-26-17)30(7-12-13(19)14(16(23)24)29-28-12)18(31)27-8-2-3-11(20)10(4-8)15(21)22/h2-6,15-16H,7H2,1H3,(H,27,31)(H,28,29). The molecule has 32 heavy (non-hydrogen) atoms. The third kappa shape index (κ3) is 5.12. The van der Waals surface area contributed by atoms with Crippen molar-refractivity contribution in [1.82, 2.24) is 20.2 Å². The lowest BCUT2D eigenvalue weighted by molar-refractivity contribution is 0.145. The lowest BCUT2D eigenvalue weighted by Crippen LogP contribution is -2.35. The van der Waals surface area contributed by atoms with E-state index in [0.717, 1.165) is 23.1 Å². The molecule has 0 aliphatic carbocycles. The average Bonchev–Trinajstić information content (AvgIpc) is 3.13. The summed E-state index contributed by atoms with van der Waals surface area (Å²) in [5, 5.41) is 8.33. The van der Waals surface area contributed by atoms with E-state index >= 15 is 0 Å². The summed E-state index contributed by atoms with van der Waals surface area (Å²) < 4.78 is 70.4. The Labute approximate surface area is 185 Å². The molecular weight excluding hydrogens is 507 g/mol. The summed E-state index contributed by atoms with van der Waals surface area (Å²) in [6.45, 7) is -0.325. The molecule has 0 spiro atoms. The molecule has 8 nitrogen and oxygen atoms in total. The molecule has 0 atom stereocenters. The molecule has 0 aliphatic heterocycles. The van der Waals surface area contributed by atoms with Crippen LogP contribution >= 0.6 is 15.9 Å². The van der Waals surface area contributed by atoms with Gasteiger partial charge in [0.15, 0.2) is 0 Å². The highest BCUT2D eigenvalue weighted by Gasteiger charge is 2.24. The van der Waals surface area contributed by atoms with Crippen molar-refractivity contribution in [1.29, 1.82) is 0 Å². The number of ether oxygens (including phenoxy) is 1. The van der Waals surface area contributed by atoms with E-state index in [2.05, 4.69) is 41.4 Å². The summed E-state index contributed by atoms with van der Waals surface area (Å²) in [5.74, 6) is -1.13. The first-order chi connectivity index (χ1) is 15.2. The maximum absolute atomic E-state index is 13.5. The zero-order valence-electron chi connectivity index (χ0n) is 16.1. The Morgan fingerprint density at radius 3 is 2.47 bits per heavy atom. The van der Waals surface area contributed by atoms with Gasteiger partial charge < -0.3 is 10.1 Å². The smallest absolute Gasteiger partial charge is 0.326 e. The number of amides is 2. The predicted molar refractivity (Wildman–Crippen MR) is 106 cm³/mol. The minimum atomic E-state index is -3.09. The minimum absolute atomic E-state index is 0.00940. The number of anilines is 2. The Bertz CT molecular complexity index is 1100. The Morgan fingerprint density at radius 2 is 1.91 bits per heavy atom. The molecule has 3 aromatic rings. The summed E-state index contributed by atoms with van der Waals surface area (Å²) >= 11 is 3.02. The van der Waals surface area contributed by atoms with Gasteiger partial charge in [0.25, 0.3) is 12.9 Å². The molecule has 1 aromatic carbocycles. The quantitative estimate of drug-likeness (QED) is 0.416. The van der Waals surface area contributed by atoms with Gasteiger partial charge in [0.2, 0.25) is 0 Å². The second-order valence-electron chi connectivity index (χ2n) is 6.18. The maximum atomic E-state index is 13.5. The second-order valence-corrected chi connectivity index (χ2v) is 6.97. The number of nitrogens with zero attached hydrogens (tertiary/aromatic N) is 4. The van der Waals surface area contributed by atoms with Crippen molar-refractivity contribution in [2.75, 3.05) is 17.3 Å². The van der Waals surface area contributed by atoms with Crippen molar-refractivity contribution < 1.29 is 31.5 Å². The van der Waals surface area contributed by atoms with E-state index in [4.69, 9.17) is 4.74 Å². The normalized spacial score (nSPS) is 11.2. The first-order valence-electron chi connectivity index (χ1n) is 8.74.